The molecule has 0 aliphatic heterocycles. The second-order valence-corrected chi connectivity index (χ2v) is 10.6. The number of hydrogen-bond acceptors (Lipinski definition) is 6. The molecule has 1 unspecified atom stereocenters. The van der Waals surface area contributed by atoms with Crippen LogP contribution >= 0.6 is 46.1 Å². The molecule has 12 heteroatoms. The summed E-state index contributed by atoms with van der Waals surface area (Å²) in [4.78, 5) is 39.3. The van der Waals surface area contributed by atoms with E-state index >= 15 is 0 Å². The van der Waals surface area contributed by atoms with E-state index in [0.29, 0.717) is 33.4 Å². The number of ketones is 1. The Morgan fingerprint density at radius 1 is 1.00 bits per heavy atom. The van der Waals surface area contributed by atoms with Gasteiger partial charge in [0.05, 0.1) is 27.1 Å². The van der Waals surface area contributed by atoms with Crippen LogP contribution in [0.5, 0.6) is 0 Å². The van der Waals surface area contributed by atoms with E-state index in [1.165, 1.54) is 29.5 Å². The standard InChI is InChI=1S/C26H21Cl3N4O4S/c1-3-15-11-17(23(36)16-6-4-5-7-18(16)27)26(38-15)33-13(2)31-32-24(33)21(12-22(34)35)30-25(37)14-8-9-19(28)20(29)10-14/h4-11,21H,3,12H2,1-2H3,(H,30,37)(H,34,35). The number of rotatable bonds is 9. The normalized spacial score (nSPS) is 11.8. The monoisotopic (exact) mass is 590 g/mol. The lowest BCUT2D eigenvalue weighted by Crippen LogP contribution is -2.32. The third kappa shape index (κ3) is 5.76. The van der Waals surface area contributed by atoms with Gasteiger partial charge in [0, 0.05) is 16.0 Å². The molecule has 2 aromatic carbocycles. The lowest BCUT2D eigenvalue weighted by molar-refractivity contribution is -0.137. The van der Waals surface area contributed by atoms with Gasteiger partial charge in [0.2, 0.25) is 0 Å². The molecule has 196 valence electrons. The number of amides is 1. The van der Waals surface area contributed by atoms with Crippen molar-refractivity contribution in [3.05, 3.63) is 96.8 Å². The molecule has 1 amide bonds. The molecule has 2 heterocycles. The summed E-state index contributed by atoms with van der Waals surface area (Å²) in [5.74, 6) is -1.46. The summed E-state index contributed by atoms with van der Waals surface area (Å²) in [6.45, 7) is 3.65. The first-order valence-electron chi connectivity index (χ1n) is 11.4. The number of carboxylic acid groups (broad SMARTS) is 1. The molecule has 0 fully saturated rings. The van der Waals surface area contributed by atoms with E-state index in [-0.39, 0.29) is 27.2 Å². The van der Waals surface area contributed by atoms with E-state index in [4.69, 9.17) is 34.8 Å². The average Bonchev–Trinajstić information content (AvgIpc) is 3.48. The van der Waals surface area contributed by atoms with Crippen LogP contribution < -0.4 is 5.32 Å². The van der Waals surface area contributed by atoms with Crippen molar-refractivity contribution in [2.45, 2.75) is 32.7 Å². The Kier molecular flexibility index (Phi) is 8.52. The van der Waals surface area contributed by atoms with Gasteiger partial charge < -0.3 is 10.4 Å². The van der Waals surface area contributed by atoms with Crippen LogP contribution in [0.4, 0.5) is 0 Å². The molecule has 4 rings (SSSR count). The molecule has 0 bridgehead atoms. The number of hydrogen-bond donors (Lipinski definition) is 2. The van der Waals surface area contributed by atoms with Crippen molar-refractivity contribution in [1.82, 2.24) is 20.1 Å². The highest BCUT2D eigenvalue weighted by molar-refractivity contribution is 7.15. The molecule has 0 saturated carbocycles. The number of nitrogens with one attached hydrogen (secondary N) is 1. The fraction of sp³-hybridized carbons (Fsp3) is 0.192. The molecule has 0 saturated heterocycles. The Balaban J connectivity index is 1.80. The Hall–Kier alpha value is -3.24. The summed E-state index contributed by atoms with van der Waals surface area (Å²) < 4.78 is 1.61. The van der Waals surface area contributed by atoms with E-state index < -0.39 is 24.3 Å². The van der Waals surface area contributed by atoms with Crippen molar-refractivity contribution in [2.24, 2.45) is 0 Å². The minimum Gasteiger partial charge on any atom is -0.481 e. The van der Waals surface area contributed by atoms with E-state index in [2.05, 4.69) is 15.5 Å². The van der Waals surface area contributed by atoms with Crippen LogP contribution in [0.25, 0.3) is 5.00 Å². The third-order valence-corrected chi connectivity index (χ3v) is 8.04. The summed E-state index contributed by atoms with van der Waals surface area (Å²) in [6.07, 6.45) is 0.182. The van der Waals surface area contributed by atoms with Crippen LogP contribution in [0, 0.1) is 6.92 Å². The molecule has 0 radical (unpaired) electrons. The van der Waals surface area contributed by atoms with Gasteiger partial charge in [0.1, 0.15) is 16.9 Å². The molecule has 8 nitrogen and oxygen atoms in total. The highest BCUT2D eigenvalue weighted by Gasteiger charge is 2.29. The molecular formula is C26H21Cl3N4O4S. The number of thiophene rings is 1. The predicted molar refractivity (Wildman–Crippen MR) is 147 cm³/mol. The smallest absolute Gasteiger partial charge is 0.305 e. The molecule has 1 atom stereocenters. The van der Waals surface area contributed by atoms with E-state index in [1.54, 1.807) is 41.8 Å². The van der Waals surface area contributed by atoms with Crippen molar-refractivity contribution in [3.63, 3.8) is 0 Å². The maximum Gasteiger partial charge on any atom is 0.305 e. The van der Waals surface area contributed by atoms with Crippen molar-refractivity contribution >= 4 is 63.8 Å². The number of nitrogens with zero attached hydrogens (tertiary/aromatic N) is 3. The second kappa shape index (κ2) is 11.7. The molecular weight excluding hydrogens is 571 g/mol. The molecule has 0 aliphatic rings. The Morgan fingerprint density at radius 2 is 1.74 bits per heavy atom. The number of halogens is 3. The zero-order valence-corrected chi connectivity index (χ0v) is 23.3. The highest BCUT2D eigenvalue weighted by atomic mass is 35.5. The quantitative estimate of drug-likeness (QED) is 0.220. The number of carbonyl (C=O) groups excluding carboxylic acids is 2. The van der Waals surface area contributed by atoms with Gasteiger partial charge in [-0.1, -0.05) is 53.9 Å². The Morgan fingerprint density at radius 3 is 2.39 bits per heavy atom. The number of aryl methyl sites for hydroxylation is 2. The van der Waals surface area contributed by atoms with E-state index in [1.807, 2.05) is 6.92 Å². The van der Waals surface area contributed by atoms with Crippen LogP contribution in [0.15, 0.2) is 48.5 Å². The molecule has 2 N–H and O–H groups in total. The summed E-state index contributed by atoms with van der Waals surface area (Å²) in [6, 6.07) is 11.8. The summed E-state index contributed by atoms with van der Waals surface area (Å²) in [7, 11) is 0. The Bertz CT molecular complexity index is 1550. The number of aliphatic carboxylic acids is 1. The minimum atomic E-state index is -1.16. The van der Waals surface area contributed by atoms with Crippen LogP contribution in [0.2, 0.25) is 15.1 Å². The lowest BCUT2D eigenvalue weighted by atomic mass is 10.0. The Labute approximate surface area is 237 Å². The van der Waals surface area contributed by atoms with Gasteiger partial charge in [-0.3, -0.25) is 19.0 Å². The first kappa shape index (κ1) is 27.8. The van der Waals surface area contributed by atoms with Gasteiger partial charge in [0.25, 0.3) is 5.91 Å². The van der Waals surface area contributed by atoms with Gasteiger partial charge in [-0.15, -0.1) is 21.5 Å². The first-order chi connectivity index (χ1) is 18.1. The molecule has 0 aliphatic carbocycles. The van der Waals surface area contributed by atoms with Crippen molar-refractivity contribution in [2.75, 3.05) is 0 Å². The SMILES string of the molecule is CCc1cc(C(=O)c2ccccc2Cl)c(-n2c(C)nnc2C(CC(=O)O)NC(=O)c2ccc(Cl)c(Cl)c2)s1. The number of aromatic nitrogens is 3. The lowest BCUT2D eigenvalue weighted by Gasteiger charge is -2.18. The van der Waals surface area contributed by atoms with Gasteiger partial charge in [0.15, 0.2) is 11.6 Å². The summed E-state index contributed by atoms with van der Waals surface area (Å²) in [5.41, 5.74) is 0.892. The minimum absolute atomic E-state index is 0.163. The van der Waals surface area contributed by atoms with Crippen molar-refractivity contribution in [3.8, 4) is 5.00 Å². The average molecular weight is 592 g/mol. The maximum atomic E-state index is 13.6. The van der Waals surface area contributed by atoms with E-state index in [0.717, 1.165) is 4.88 Å². The van der Waals surface area contributed by atoms with Crippen molar-refractivity contribution < 1.29 is 19.5 Å². The van der Waals surface area contributed by atoms with Crippen LogP contribution in [0.3, 0.4) is 0 Å². The predicted octanol–water partition coefficient (Wildman–Crippen LogP) is 6.34. The second-order valence-electron chi connectivity index (χ2n) is 8.29. The molecule has 0 spiro atoms. The van der Waals surface area contributed by atoms with Crippen LogP contribution in [-0.4, -0.2) is 37.5 Å². The maximum absolute atomic E-state index is 13.6. The van der Waals surface area contributed by atoms with Crippen LogP contribution in [0.1, 0.15) is 62.2 Å². The topological polar surface area (TPSA) is 114 Å². The van der Waals surface area contributed by atoms with Gasteiger partial charge in [-0.2, -0.15) is 0 Å². The molecule has 4 aromatic rings. The highest BCUT2D eigenvalue weighted by Crippen LogP contribution is 2.34. The number of benzene rings is 2. The van der Waals surface area contributed by atoms with Gasteiger partial charge in [-0.05, 0) is 49.7 Å². The van der Waals surface area contributed by atoms with E-state index in [9.17, 15) is 19.5 Å². The fourth-order valence-electron chi connectivity index (χ4n) is 3.84. The van der Waals surface area contributed by atoms with Crippen LogP contribution in [-0.2, 0) is 11.2 Å². The van der Waals surface area contributed by atoms with Crippen molar-refractivity contribution in [1.29, 1.82) is 0 Å². The molecule has 2 aromatic heterocycles. The molecule has 38 heavy (non-hydrogen) atoms. The number of carbonyl (C=O) groups is 3. The number of carboxylic acids is 1. The largest absolute Gasteiger partial charge is 0.481 e. The van der Waals surface area contributed by atoms with Gasteiger partial charge >= 0.3 is 5.97 Å². The van der Waals surface area contributed by atoms with Gasteiger partial charge in [-0.25, -0.2) is 0 Å². The summed E-state index contributed by atoms with van der Waals surface area (Å²) >= 11 is 19.7. The summed E-state index contributed by atoms with van der Waals surface area (Å²) in [5, 5.41) is 22.0. The fourth-order valence-corrected chi connectivity index (χ4v) is 5.51. The zero-order valence-electron chi connectivity index (χ0n) is 20.2. The zero-order chi connectivity index (χ0) is 27.6. The third-order valence-electron chi connectivity index (χ3n) is 5.71. The first-order valence-corrected chi connectivity index (χ1v) is 13.4.